The molecule has 0 amide bonds. The van der Waals surface area contributed by atoms with Crippen LogP contribution in [0.4, 0.5) is 0 Å². The van der Waals surface area contributed by atoms with E-state index in [2.05, 4.69) is 22.6 Å². The van der Waals surface area contributed by atoms with Gasteiger partial charge in [0.05, 0.1) is 6.61 Å². The van der Waals surface area contributed by atoms with E-state index in [1.165, 1.54) is 10.6 Å². The van der Waals surface area contributed by atoms with Gasteiger partial charge in [-0.2, -0.15) is 0 Å². The summed E-state index contributed by atoms with van der Waals surface area (Å²) in [4.78, 5) is 11.1. The van der Waals surface area contributed by atoms with Gasteiger partial charge in [-0.05, 0) is 28.7 Å². The Bertz CT molecular complexity index is 295. The highest BCUT2D eigenvalue weighted by molar-refractivity contribution is 14.1. The number of hydrogen-bond acceptors (Lipinski definition) is 2. The fourth-order valence-electron chi connectivity index (χ4n) is 0.776. The largest absolute Gasteiger partial charge is 0.395 e. The fourth-order valence-corrected chi connectivity index (χ4v) is 1.20. The maximum absolute atomic E-state index is 11.1. The average molecular weight is 265 g/mol. The maximum Gasteiger partial charge on any atom is 0.251 e. The summed E-state index contributed by atoms with van der Waals surface area (Å²) in [5.74, 6) is 0. The van der Waals surface area contributed by atoms with Gasteiger partial charge in [0, 0.05) is 22.4 Å². The van der Waals surface area contributed by atoms with Gasteiger partial charge >= 0.3 is 0 Å². The Balaban J connectivity index is 3.00. The SMILES string of the molecule is O=c1cc(I)ccn1CCO. The first-order valence-electron chi connectivity index (χ1n) is 3.21. The van der Waals surface area contributed by atoms with Crippen molar-refractivity contribution in [1.82, 2.24) is 4.57 Å². The number of aliphatic hydroxyl groups excluding tert-OH is 1. The van der Waals surface area contributed by atoms with Crippen LogP contribution in [-0.2, 0) is 6.54 Å². The van der Waals surface area contributed by atoms with Crippen LogP contribution in [-0.4, -0.2) is 16.3 Å². The zero-order valence-electron chi connectivity index (χ0n) is 5.83. The predicted octanol–water partition coefficient (Wildman–Crippen LogP) is 0.445. The van der Waals surface area contributed by atoms with Crippen molar-refractivity contribution in [2.75, 3.05) is 6.61 Å². The third-order valence-electron chi connectivity index (χ3n) is 1.30. The number of pyridine rings is 1. The van der Waals surface area contributed by atoms with E-state index in [0.29, 0.717) is 6.54 Å². The van der Waals surface area contributed by atoms with Gasteiger partial charge in [0.15, 0.2) is 0 Å². The lowest BCUT2D eigenvalue weighted by Crippen LogP contribution is -2.20. The molecule has 0 fully saturated rings. The summed E-state index contributed by atoms with van der Waals surface area (Å²) in [6, 6.07) is 3.37. The first kappa shape index (κ1) is 8.73. The van der Waals surface area contributed by atoms with Gasteiger partial charge in [-0.25, -0.2) is 0 Å². The minimum atomic E-state index is -0.0639. The summed E-state index contributed by atoms with van der Waals surface area (Å²) in [5.41, 5.74) is -0.0639. The molecule has 3 nitrogen and oxygen atoms in total. The first-order chi connectivity index (χ1) is 5.24. The van der Waals surface area contributed by atoms with Crippen LogP contribution in [0.15, 0.2) is 23.1 Å². The molecule has 1 aromatic rings. The van der Waals surface area contributed by atoms with E-state index in [-0.39, 0.29) is 12.2 Å². The smallest absolute Gasteiger partial charge is 0.251 e. The number of rotatable bonds is 2. The molecule has 0 bridgehead atoms. The van der Waals surface area contributed by atoms with Gasteiger partial charge < -0.3 is 9.67 Å². The van der Waals surface area contributed by atoms with E-state index in [9.17, 15) is 4.79 Å². The lowest BCUT2D eigenvalue weighted by Gasteiger charge is -2.00. The molecule has 1 aromatic heterocycles. The average Bonchev–Trinajstić information content (AvgIpc) is 1.95. The Kier molecular flexibility index (Phi) is 3.07. The Morgan fingerprint density at radius 3 is 2.91 bits per heavy atom. The molecule has 0 aliphatic rings. The molecule has 4 heteroatoms. The Hall–Kier alpha value is -0.360. The summed E-state index contributed by atoms with van der Waals surface area (Å²) >= 11 is 2.07. The highest BCUT2D eigenvalue weighted by Crippen LogP contribution is 1.97. The fraction of sp³-hybridized carbons (Fsp3) is 0.286. The molecule has 0 radical (unpaired) electrons. The molecule has 1 N–H and O–H groups in total. The van der Waals surface area contributed by atoms with Crippen LogP contribution in [0, 0.1) is 3.57 Å². The van der Waals surface area contributed by atoms with Crippen molar-refractivity contribution in [3.8, 4) is 0 Å². The molecular formula is C7H8INO2. The van der Waals surface area contributed by atoms with Crippen LogP contribution in [0.1, 0.15) is 0 Å². The molecule has 0 saturated carbocycles. The molecule has 0 aromatic carbocycles. The van der Waals surface area contributed by atoms with E-state index in [4.69, 9.17) is 5.11 Å². The van der Waals surface area contributed by atoms with Crippen molar-refractivity contribution in [2.45, 2.75) is 6.54 Å². The number of nitrogens with zero attached hydrogens (tertiary/aromatic N) is 1. The maximum atomic E-state index is 11.1. The van der Waals surface area contributed by atoms with Gasteiger partial charge in [-0.15, -0.1) is 0 Å². The topological polar surface area (TPSA) is 42.2 Å². The highest BCUT2D eigenvalue weighted by atomic mass is 127. The minimum Gasteiger partial charge on any atom is -0.395 e. The molecule has 0 spiro atoms. The van der Waals surface area contributed by atoms with Gasteiger partial charge in [-0.3, -0.25) is 4.79 Å². The van der Waals surface area contributed by atoms with Gasteiger partial charge in [-0.1, -0.05) is 0 Å². The van der Waals surface area contributed by atoms with Crippen LogP contribution >= 0.6 is 22.6 Å². The number of aromatic nitrogens is 1. The summed E-state index contributed by atoms with van der Waals surface area (Å²) in [6.45, 7) is 0.371. The predicted molar refractivity (Wildman–Crippen MR) is 50.5 cm³/mol. The molecule has 1 rings (SSSR count). The second-order valence-corrected chi connectivity index (χ2v) is 3.35. The summed E-state index contributed by atoms with van der Waals surface area (Å²) in [5, 5.41) is 8.55. The lowest BCUT2D eigenvalue weighted by molar-refractivity contribution is 0.274. The van der Waals surface area contributed by atoms with Crippen molar-refractivity contribution in [3.05, 3.63) is 32.3 Å². The molecule has 11 heavy (non-hydrogen) atoms. The Morgan fingerprint density at radius 2 is 2.36 bits per heavy atom. The van der Waals surface area contributed by atoms with Crippen LogP contribution in [0.2, 0.25) is 0 Å². The van der Waals surface area contributed by atoms with Crippen molar-refractivity contribution >= 4 is 22.6 Å². The molecule has 0 atom stereocenters. The number of halogens is 1. The van der Waals surface area contributed by atoms with E-state index in [0.717, 1.165) is 3.57 Å². The van der Waals surface area contributed by atoms with E-state index in [1.807, 2.05) is 6.07 Å². The van der Waals surface area contributed by atoms with E-state index >= 15 is 0 Å². The molecule has 0 unspecified atom stereocenters. The molecule has 1 heterocycles. The Morgan fingerprint density at radius 1 is 1.64 bits per heavy atom. The third-order valence-corrected chi connectivity index (χ3v) is 1.97. The van der Waals surface area contributed by atoms with Gasteiger partial charge in [0.2, 0.25) is 0 Å². The monoisotopic (exact) mass is 265 g/mol. The van der Waals surface area contributed by atoms with Crippen molar-refractivity contribution in [1.29, 1.82) is 0 Å². The van der Waals surface area contributed by atoms with Gasteiger partial charge in [0.1, 0.15) is 0 Å². The van der Waals surface area contributed by atoms with Crippen molar-refractivity contribution < 1.29 is 5.11 Å². The summed E-state index contributed by atoms with van der Waals surface area (Å²) in [7, 11) is 0. The van der Waals surface area contributed by atoms with Crippen LogP contribution in [0.25, 0.3) is 0 Å². The second-order valence-electron chi connectivity index (χ2n) is 2.10. The molecule has 0 saturated heterocycles. The Labute approximate surface area is 77.8 Å². The normalized spacial score (nSPS) is 10.0. The quantitative estimate of drug-likeness (QED) is 0.789. The minimum absolute atomic E-state index is 0.000495. The summed E-state index contributed by atoms with van der Waals surface area (Å²) in [6.07, 6.45) is 1.68. The molecule has 0 aliphatic carbocycles. The van der Waals surface area contributed by atoms with Crippen LogP contribution < -0.4 is 5.56 Å². The third kappa shape index (κ3) is 2.30. The van der Waals surface area contributed by atoms with E-state index < -0.39 is 0 Å². The van der Waals surface area contributed by atoms with Crippen LogP contribution in [0.5, 0.6) is 0 Å². The number of aliphatic hydroxyl groups is 1. The first-order valence-corrected chi connectivity index (χ1v) is 4.29. The highest BCUT2D eigenvalue weighted by Gasteiger charge is 1.93. The van der Waals surface area contributed by atoms with Gasteiger partial charge in [0.25, 0.3) is 5.56 Å². The standard InChI is InChI=1S/C7H8INO2/c8-6-1-2-9(3-4-10)7(11)5-6/h1-2,5,10H,3-4H2. The van der Waals surface area contributed by atoms with Crippen molar-refractivity contribution in [3.63, 3.8) is 0 Å². The molecular weight excluding hydrogens is 257 g/mol. The molecule has 0 aliphatic heterocycles. The number of hydrogen-bond donors (Lipinski definition) is 1. The zero-order valence-corrected chi connectivity index (χ0v) is 7.98. The lowest BCUT2D eigenvalue weighted by atomic mass is 10.5. The molecule has 60 valence electrons. The second kappa shape index (κ2) is 3.87. The zero-order chi connectivity index (χ0) is 8.27. The summed E-state index contributed by atoms with van der Waals surface area (Å²) < 4.78 is 2.39. The van der Waals surface area contributed by atoms with Crippen LogP contribution in [0.3, 0.4) is 0 Å². The van der Waals surface area contributed by atoms with Crippen molar-refractivity contribution in [2.24, 2.45) is 0 Å². The van der Waals surface area contributed by atoms with E-state index in [1.54, 1.807) is 6.20 Å².